The Kier molecular flexibility index (Phi) is 4.48. The van der Waals surface area contributed by atoms with Crippen molar-refractivity contribution in [1.82, 2.24) is 0 Å². The number of nitrogens with one attached hydrogen (secondary N) is 2. The van der Waals surface area contributed by atoms with Crippen LogP contribution in [0.15, 0.2) is 36.4 Å². The number of fused-ring (bicyclic) bond motifs is 2. The fourth-order valence-electron chi connectivity index (χ4n) is 3.23. The lowest BCUT2D eigenvalue weighted by Crippen LogP contribution is -2.13. The quantitative estimate of drug-likeness (QED) is 0.885. The number of carbonyl (C=O) groups excluding carboxylic acids is 2. The third-order valence-electron chi connectivity index (χ3n) is 4.59. The summed E-state index contributed by atoms with van der Waals surface area (Å²) >= 11 is 0. The fourth-order valence-corrected chi connectivity index (χ4v) is 3.23. The number of carbonyl (C=O) groups is 2. The number of aryl methyl sites for hydroxylation is 2. The van der Waals surface area contributed by atoms with Crippen molar-refractivity contribution in [2.24, 2.45) is 0 Å². The van der Waals surface area contributed by atoms with Gasteiger partial charge in [0.15, 0.2) is 11.5 Å². The van der Waals surface area contributed by atoms with Crippen molar-refractivity contribution in [3.05, 3.63) is 47.5 Å². The van der Waals surface area contributed by atoms with E-state index in [-0.39, 0.29) is 18.6 Å². The molecule has 0 bridgehead atoms. The zero-order chi connectivity index (χ0) is 17.9. The maximum atomic E-state index is 12.3. The smallest absolute Gasteiger partial charge is 0.231 e. The Morgan fingerprint density at radius 1 is 1.08 bits per heavy atom. The van der Waals surface area contributed by atoms with Gasteiger partial charge < -0.3 is 20.1 Å². The van der Waals surface area contributed by atoms with Crippen LogP contribution in [0.3, 0.4) is 0 Å². The van der Waals surface area contributed by atoms with Crippen LogP contribution in [0.2, 0.25) is 0 Å². The maximum absolute atomic E-state index is 12.3. The van der Waals surface area contributed by atoms with Crippen molar-refractivity contribution in [3.63, 3.8) is 0 Å². The highest BCUT2D eigenvalue weighted by molar-refractivity contribution is 5.94. The van der Waals surface area contributed by atoms with Crippen LogP contribution in [0.5, 0.6) is 11.5 Å². The summed E-state index contributed by atoms with van der Waals surface area (Å²) in [6.45, 7) is 0.248. The molecule has 6 nitrogen and oxygen atoms in total. The molecule has 0 fully saturated rings. The Balaban J connectivity index is 1.36. The van der Waals surface area contributed by atoms with Crippen LogP contribution < -0.4 is 20.1 Å². The molecule has 0 aromatic heterocycles. The van der Waals surface area contributed by atoms with E-state index in [1.165, 1.54) is 0 Å². The molecule has 26 heavy (non-hydrogen) atoms. The number of anilines is 2. The molecule has 6 heteroatoms. The van der Waals surface area contributed by atoms with E-state index in [1.54, 1.807) is 0 Å². The van der Waals surface area contributed by atoms with E-state index in [9.17, 15) is 9.59 Å². The molecule has 0 radical (unpaired) electrons. The lowest BCUT2D eigenvalue weighted by Gasteiger charge is -2.11. The number of benzene rings is 2. The Morgan fingerprint density at radius 3 is 2.88 bits per heavy atom. The van der Waals surface area contributed by atoms with Crippen LogP contribution in [0.4, 0.5) is 11.4 Å². The van der Waals surface area contributed by atoms with Gasteiger partial charge in [-0.2, -0.15) is 0 Å². The first-order valence-electron chi connectivity index (χ1n) is 8.78. The van der Waals surface area contributed by atoms with Crippen LogP contribution in [-0.2, 0) is 22.4 Å². The largest absolute Gasteiger partial charge is 0.454 e. The zero-order valence-corrected chi connectivity index (χ0v) is 14.3. The molecule has 2 N–H and O–H groups in total. The zero-order valence-electron chi connectivity index (χ0n) is 14.3. The molecule has 0 atom stereocenters. The van der Waals surface area contributed by atoms with Crippen molar-refractivity contribution in [3.8, 4) is 11.5 Å². The lowest BCUT2D eigenvalue weighted by atomic mass is 10.1. The molecule has 0 saturated carbocycles. The van der Waals surface area contributed by atoms with E-state index in [2.05, 4.69) is 10.6 Å². The number of amides is 2. The summed E-state index contributed by atoms with van der Waals surface area (Å²) < 4.78 is 10.7. The third-order valence-corrected chi connectivity index (χ3v) is 4.59. The second kappa shape index (κ2) is 7.07. The number of rotatable bonds is 4. The van der Waals surface area contributed by atoms with E-state index in [1.807, 2.05) is 36.4 Å². The second-order valence-corrected chi connectivity index (χ2v) is 6.51. The van der Waals surface area contributed by atoms with Gasteiger partial charge in [-0.15, -0.1) is 0 Å². The summed E-state index contributed by atoms with van der Waals surface area (Å²) in [4.78, 5) is 23.9. The minimum Gasteiger partial charge on any atom is -0.454 e. The topological polar surface area (TPSA) is 76.7 Å². The molecule has 134 valence electrons. The predicted molar refractivity (Wildman–Crippen MR) is 97.5 cm³/mol. The highest BCUT2D eigenvalue weighted by atomic mass is 16.7. The van der Waals surface area contributed by atoms with Gasteiger partial charge in [-0.05, 0) is 60.7 Å². The molecule has 2 aliphatic rings. The summed E-state index contributed by atoms with van der Waals surface area (Å²) in [6, 6.07) is 11.4. The molecule has 0 spiro atoms. The molecular formula is C20H20N2O4. The highest BCUT2D eigenvalue weighted by Gasteiger charge is 2.15. The van der Waals surface area contributed by atoms with Crippen molar-refractivity contribution < 1.29 is 19.1 Å². The van der Waals surface area contributed by atoms with Crippen molar-refractivity contribution in [2.45, 2.75) is 32.1 Å². The molecule has 2 heterocycles. The van der Waals surface area contributed by atoms with Gasteiger partial charge in [-0.3, -0.25) is 9.59 Å². The monoisotopic (exact) mass is 352 g/mol. The maximum Gasteiger partial charge on any atom is 0.231 e. The first-order valence-corrected chi connectivity index (χ1v) is 8.78. The first kappa shape index (κ1) is 16.4. The van der Waals surface area contributed by atoms with E-state index in [0.717, 1.165) is 46.8 Å². The molecule has 2 aliphatic heterocycles. The molecule has 2 aromatic rings. The van der Waals surface area contributed by atoms with Crippen molar-refractivity contribution >= 4 is 23.2 Å². The normalized spacial score (nSPS) is 15.0. The Morgan fingerprint density at radius 2 is 1.96 bits per heavy atom. The number of hydrogen-bond acceptors (Lipinski definition) is 4. The molecular weight excluding hydrogens is 332 g/mol. The van der Waals surface area contributed by atoms with E-state index in [0.29, 0.717) is 19.3 Å². The summed E-state index contributed by atoms with van der Waals surface area (Å²) in [7, 11) is 0. The second-order valence-electron chi connectivity index (χ2n) is 6.51. The van der Waals surface area contributed by atoms with Gasteiger partial charge in [0.1, 0.15) is 0 Å². The SMILES string of the molecule is O=C(CCc1ccc2c(c1)OCO2)Nc1ccc2c(c1)CCCC(=O)N2. The van der Waals surface area contributed by atoms with Gasteiger partial charge >= 0.3 is 0 Å². The predicted octanol–water partition coefficient (Wildman–Crippen LogP) is 3.26. The first-order chi connectivity index (χ1) is 12.7. The summed E-state index contributed by atoms with van der Waals surface area (Å²) in [5, 5.41) is 5.83. The van der Waals surface area contributed by atoms with Gasteiger partial charge in [-0.1, -0.05) is 6.07 Å². The lowest BCUT2D eigenvalue weighted by molar-refractivity contribution is -0.117. The van der Waals surface area contributed by atoms with Crippen LogP contribution in [-0.4, -0.2) is 18.6 Å². The Labute approximate surface area is 151 Å². The molecule has 0 saturated heterocycles. The van der Waals surface area contributed by atoms with Crippen LogP contribution in [0.1, 0.15) is 30.4 Å². The van der Waals surface area contributed by atoms with E-state index in [4.69, 9.17) is 9.47 Å². The fraction of sp³-hybridized carbons (Fsp3) is 0.300. The highest BCUT2D eigenvalue weighted by Crippen LogP contribution is 2.32. The van der Waals surface area contributed by atoms with Crippen molar-refractivity contribution in [2.75, 3.05) is 17.4 Å². The van der Waals surface area contributed by atoms with Gasteiger partial charge in [0.05, 0.1) is 0 Å². The van der Waals surface area contributed by atoms with E-state index < -0.39 is 0 Å². The van der Waals surface area contributed by atoms with Crippen LogP contribution in [0.25, 0.3) is 0 Å². The molecule has 4 rings (SSSR count). The molecule has 0 unspecified atom stereocenters. The van der Waals surface area contributed by atoms with E-state index >= 15 is 0 Å². The van der Waals surface area contributed by atoms with Crippen molar-refractivity contribution in [1.29, 1.82) is 0 Å². The van der Waals surface area contributed by atoms with Gasteiger partial charge in [0, 0.05) is 24.2 Å². The minimum atomic E-state index is -0.0414. The average molecular weight is 352 g/mol. The summed E-state index contributed by atoms with van der Waals surface area (Å²) in [6.07, 6.45) is 3.19. The molecule has 2 aromatic carbocycles. The van der Waals surface area contributed by atoms with Crippen LogP contribution in [0, 0.1) is 0 Å². The Hall–Kier alpha value is -3.02. The molecule has 2 amide bonds. The Bertz CT molecular complexity index is 863. The van der Waals surface area contributed by atoms with Gasteiger partial charge in [0.2, 0.25) is 18.6 Å². The van der Waals surface area contributed by atoms with Crippen LogP contribution >= 0.6 is 0 Å². The average Bonchev–Trinajstić information content (AvgIpc) is 3.01. The third kappa shape index (κ3) is 3.64. The number of ether oxygens (including phenoxy) is 2. The molecule has 0 aliphatic carbocycles. The van der Waals surface area contributed by atoms with Gasteiger partial charge in [-0.25, -0.2) is 0 Å². The summed E-state index contributed by atoms with van der Waals surface area (Å²) in [5.41, 5.74) is 3.69. The number of hydrogen-bond donors (Lipinski definition) is 2. The van der Waals surface area contributed by atoms with Gasteiger partial charge in [0.25, 0.3) is 0 Å². The standard InChI is InChI=1S/C20H20N2O4/c23-19-3-1-2-14-11-15(6-7-16(14)22-19)21-20(24)9-5-13-4-8-17-18(10-13)26-12-25-17/h4,6-8,10-11H,1-3,5,9,12H2,(H,21,24)(H,22,23). The minimum absolute atomic E-state index is 0.0414. The summed E-state index contributed by atoms with van der Waals surface area (Å²) in [5.74, 6) is 1.48.